The van der Waals surface area contributed by atoms with E-state index >= 15 is 0 Å². The molecule has 114 valence electrons. The summed E-state index contributed by atoms with van der Waals surface area (Å²) in [4.78, 5) is 14.9. The van der Waals surface area contributed by atoms with Gasteiger partial charge >= 0.3 is 0 Å². The van der Waals surface area contributed by atoms with E-state index < -0.39 is 0 Å². The van der Waals surface area contributed by atoms with E-state index in [4.69, 9.17) is 0 Å². The lowest BCUT2D eigenvalue weighted by atomic mass is 9.73. The fourth-order valence-corrected chi connectivity index (χ4v) is 3.40. The molecule has 0 aromatic heterocycles. The fourth-order valence-electron chi connectivity index (χ4n) is 3.40. The number of hydrogen-bond donors (Lipinski definition) is 1. The molecule has 1 aromatic rings. The number of piperidine rings is 1. The molecule has 1 aliphatic heterocycles. The summed E-state index contributed by atoms with van der Waals surface area (Å²) in [6.45, 7) is 6.56. The number of amides is 1. The highest BCUT2D eigenvalue weighted by Gasteiger charge is 2.43. The molecule has 21 heavy (non-hydrogen) atoms. The molecule has 1 N–H and O–H groups in total. The van der Waals surface area contributed by atoms with Crippen LogP contribution in [-0.4, -0.2) is 29.1 Å². The summed E-state index contributed by atoms with van der Waals surface area (Å²) < 4.78 is 0. The van der Waals surface area contributed by atoms with Gasteiger partial charge in [-0.3, -0.25) is 4.79 Å². The molecule has 1 heterocycles. The summed E-state index contributed by atoms with van der Waals surface area (Å²) in [6.07, 6.45) is 5.28. The third-order valence-corrected chi connectivity index (χ3v) is 4.71. The largest absolute Gasteiger partial charge is 0.394 e. The summed E-state index contributed by atoms with van der Waals surface area (Å²) in [5.41, 5.74) is 0.668. The van der Waals surface area contributed by atoms with Crippen molar-refractivity contribution in [1.82, 2.24) is 4.90 Å². The smallest absolute Gasteiger partial charge is 0.229 e. The topological polar surface area (TPSA) is 40.5 Å². The van der Waals surface area contributed by atoms with Crippen LogP contribution in [0, 0.1) is 5.41 Å². The highest BCUT2D eigenvalue weighted by Crippen LogP contribution is 2.40. The Balaban J connectivity index is 2.29. The van der Waals surface area contributed by atoms with E-state index in [0.717, 1.165) is 31.4 Å². The minimum absolute atomic E-state index is 0.0381. The summed E-state index contributed by atoms with van der Waals surface area (Å²) >= 11 is 0. The van der Waals surface area contributed by atoms with Crippen LogP contribution < -0.4 is 0 Å². The molecule has 1 aliphatic rings. The Morgan fingerprint density at radius 3 is 2.71 bits per heavy atom. The molecular formula is C18H25NO2. The van der Waals surface area contributed by atoms with Gasteiger partial charge in [-0.1, -0.05) is 43.3 Å². The number of hydrogen-bond acceptors (Lipinski definition) is 2. The summed E-state index contributed by atoms with van der Waals surface area (Å²) in [6, 6.07) is 9.55. The third kappa shape index (κ3) is 3.03. The van der Waals surface area contributed by atoms with Crippen molar-refractivity contribution in [2.24, 2.45) is 5.41 Å². The van der Waals surface area contributed by atoms with E-state index in [2.05, 4.69) is 13.5 Å². The molecule has 1 amide bonds. The van der Waals surface area contributed by atoms with E-state index in [0.29, 0.717) is 6.42 Å². The second-order valence-electron chi connectivity index (χ2n) is 5.84. The standard InChI is InChI=1S/C18H25NO2/c1-3-11-18(4-2)12-8-13-19(17(18)21)16(14-20)15-9-6-5-7-10-15/h3,5-7,9-10,16,20H,1,4,8,11-14H2,2H3/t16-,18+/m1/s1. The lowest BCUT2D eigenvalue weighted by molar-refractivity contribution is -0.150. The zero-order valence-corrected chi connectivity index (χ0v) is 12.8. The summed E-state index contributed by atoms with van der Waals surface area (Å²) in [5, 5.41) is 9.81. The van der Waals surface area contributed by atoms with Gasteiger partial charge in [-0.05, 0) is 31.2 Å². The van der Waals surface area contributed by atoms with Crippen molar-refractivity contribution in [2.45, 2.75) is 38.6 Å². The van der Waals surface area contributed by atoms with E-state index in [-0.39, 0.29) is 24.0 Å². The monoisotopic (exact) mass is 287 g/mol. The molecule has 1 aromatic carbocycles. The first-order valence-corrected chi connectivity index (χ1v) is 7.76. The lowest BCUT2D eigenvalue weighted by Gasteiger charge is -2.44. The molecule has 0 aliphatic carbocycles. The molecule has 1 fully saturated rings. The highest BCUT2D eigenvalue weighted by molar-refractivity contribution is 5.84. The predicted molar refractivity (Wildman–Crippen MR) is 84.8 cm³/mol. The molecule has 0 unspecified atom stereocenters. The van der Waals surface area contributed by atoms with Crippen molar-refractivity contribution in [3.63, 3.8) is 0 Å². The Morgan fingerprint density at radius 1 is 1.43 bits per heavy atom. The fraction of sp³-hybridized carbons (Fsp3) is 0.500. The zero-order valence-electron chi connectivity index (χ0n) is 12.8. The molecule has 0 spiro atoms. The van der Waals surface area contributed by atoms with Crippen LogP contribution in [0.3, 0.4) is 0 Å². The molecule has 1 saturated heterocycles. The molecule has 0 radical (unpaired) electrons. The number of carbonyl (C=O) groups excluding carboxylic acids is 1. The highest BCUT2D eigenvalue weighted by atomic mass is 16.3. The molecule has 2 rings (SSSR count). The molecule has 2 atom stereocenters. The predicted octanol–water partition coefficient (Wildman–Crippen LogP) is 3.31. The Labute approximate surface area is 127 Å². The van der Waals surface area contributed by atoms with Crippen molar-refractivity contribution in [2.75, 3.05) is 13.2 Å². The second-order valence-corrected chi connectivity index (χ2v) is 5.84. The summed E-state index contributed by atoms with van der Waals surface area (Å²) in [7, 11) is 0. The van der Waals surface area contributed by atoms with Crippen molar-refractivity contribution in [1.29, 1.82) is 0 Å². The maximum Gasteiger partial charge on any atom is 0.229 e. The molecule has 0 bridgehead atoms. The maximum absolute atomic E-state index is 13.0. The number of aliphatic hydroxyl groups excluding tert-OH is 1. The van der Waals surface area contributed by atoms with Crippen LogP contribution in [-0.2, 0) is 4.79 Å². The number of carbonyl (C=O) groups is 1. The van der Waals surface area contributed by atoms with Crippen molar-refractivity contribution in [3.05, 3.63) is 48.6 Å². The van der Waals surface area contributed by atoms with Gasteiger partial charge in [0.25, 0.3) is 0 Å². The Kier molecular flexibility index (Phi) is 5.18. The van der Waals surface area contributed by atoms with Crippen LogP contribution in [0.4, 0.5) is 0 Å². The minimum Gasteiger partial charge on any atom is -0.394 e. The van der Waals surface area contributed by atoms with Crippen LogP contribution in [0.15, 0.2) is 43.0 Å². The Bertz CT molecular complexity index is 485. The van der Waals surface area contributed by atoms with Gasteiger partial charge in [-0.25, -0.2) is 0 Å². The van der Waals surface area contributed by atoms with E-state index in [1.807, 2.05) is 41.3 Å². The first kappa shape index (κ1) is 15.8. The van der Waals surface area contributed by atoms with Crippen LogP contribution >= 0.6 is 0 Å². The van der Waals surface area contributed by atoms with Gasteiger partial charge in [-0.2, -0.15) is 0 Å². The van der Waals surface area contributed by atoms with Gasteiger partial charge in [0.05, 0.1) is 18.1 Å². The summed E-state index contributed by atoms with van der Waals surface area (Å²) in [5.74, 6) is 0.166. The average Bonchev–Trinajstić information content (AvgIpc) is 2.53. The number of aliphatic hydroxyl groups is 1. The van der Waals surface area contributed by atoms with Crippen LogP contribution in [0.2, 0.25) is 0 Å². The number of nitrogens with zero attached hydrogens (tertiary/aromatic N) is 1. The molecule has 3 heteroatoms. The van der Waals surface area contributed by atoms with Crippen molar-refractivity contribution >= 4 is 5.91 Å². The number of allylic oxidation sites excluding steroid dienone is 1. The van der Waals surface area contributed by atoms with Crippen LogP contribution in [0.1, 0.15) is 44.2 Å². The van der Waals surface area contributed by atoms with Crippen LogP contribution in [0.25, 0.3) is 0 Å². The van der Waals surface area contributed by atoms with Gasteiger partial charge in [-0.15, -0.1) is 6.58 Å². The maximum atomic E-state index is 13.0. The first-order valence-electron chi connectivity index (χ1n) is 7.76. The van der Waals surface area contributed by atoms with Crippen LogP contribution in [0.5, 0.6) is 0 Å². The Morgan fingerprint density at radius 2 is 2.14 bits per heavy atom. The average molecular weight is 287 g/mol. The normalized spacial score (nSPS) is 23.9. The van der Waals surface area contributed by atoms with Gasteiger partial charge < -0.3 is 10.0 Å². The van der Waals surface area contributed by atoms with Gasteiger partial charge in [0.2, 0.25) is 5.91 Å². The van der Waals surface area contributed by atoms with Gasteiger partial charge in [0.15, 0.2) is 0 Å². The number of rotatable bonds is 6. The quantitative estimate of drug-likeness (QED) is 0.815. The minimum atomic E-state index is -0.331. The molecular weight excluding hydrogens is 262 g/mol. The van der Waals surface area contributed by atoms with E-state index in [1.54, 1.807) is 0 Å². The molecule has 3 nitrogen and oxygen atoms in total. The van der Waals surface area contributed by atoms with E-state index in [9.17, 15) is 9.90 Å². The second kappa shape index (κ2) is 6.90. The first-order chi connectivity index (χ1) is 10.2. The third-order valence-electron chi connectivity index (χ3n) is 4.71. The number of likely N-dealkylation sites (tertiary alicyclic amines) is 1. The van der Waals surface area contributed by atoms with Gasteiger partial charge in [0.1, 0.15) is 0 Å². The van der Waals surface area contributed by atoms with E-state index in [1.165, 1.54) is 0 Å². The zero-order chi connectivity index (χ0) is 15.3. The van der Waals surface area contributed by atoms with Crippen molar-refractivity contribution < 1.29 is 9.90 Å². The molecule has 0 saturated carbocycles. The SMILES string of the molecule is C=CC[C@@]1(CC)CCCN([C@H](CO)c2ccccc2)C1=O. The lowest BCUT2D eigenvalue weighted by Crippen LogP contribution is -2.50. The van der Waals surface area contributed by atoms with Gasteiger partial charge in [0, 0.05) is 6.54 Å². The van der Waals surface area contributed by atoms with Crippen molar-refractivity contribution in [3.8, 4) is 0 Å². The Hall–Kier alpha value is -1.61. The number of benzene rings is 1.